The van der Waals surface area contributed by atoms with Crippen molar-refractivity contribution >= 4 is 11.6 Å². The van der Waals surface area contributed by atoms with Gasteiger partial charge in [-0.1, -0.05) is 23.7 Å². The molecule has 1 heterocycles. The SMILES string of the molecule is Cc1cc(C(Cc2cccc(F)c2Cl)NN)c(C)nn1. The first-order chi connectivity index (χ1) is 9.52. The molecule has 0 bridgehead atoms. The number of nitrogens with zero attached hydrogens (tertiary/aromatic N) is 2. The predicted octanol–water partition coefficient (Wildman–Crippen LogP) is 2.63. The molecule has 3 N–H and O–H groups in total. The van der Waals surface area contributed by atoms with Gasteiger partial charge >= 0.3 is 0 Å². The molecule has 0 aliphatic rings. The molecule has 1 aromatic carbocycles. The van der Waals surface area contributed by atoms with Gasteiger partial charge in [-0.3, -0.25) is 11.3 Å². The van der Waals surface area contributed by atoms with E-state index in [1.807, 2.05) is 19.9 Å². The second-order valence-corrected chi connectivity index (χ2v) is 5.04. The number of aromatic nitrogens is 2. The average molecular weight is 295 g/mol. The largest absolute Gasteiger partial charge is 0.271 e. The van der Waals surface area contributed by atoms with Gasteiger partial charge < -0.3 is 0 Å². The van der Waals surface area contributed by atoms with Gasteiger partial charge in [-0.05, 0) is 43.5 Å². The number of halogens is 2. The number of benzene rings is 1. The summed E-state index contributed by atoms with van der Waals surface area (Å²) in [6, 6.07) is 6.46. The van der Waals surface area contributed by atoms with Gasteiger partial charge in [-0.2, -0.15) is 10.2 Å². The molecule has 0 saturated carbocycles. The molecule has 20 heavy (non-hydrogen) atoms. The molecular formula is C14H16ClFN4. The van der Waals surface area contributed by atoms with Crippen LogP contribution in [0.2, 0.25) is 5.02 Å². The molecule has 1 unspecified atom stereocenters. The van der Waals surface area contributed by atoms with Crippen LogP contribution in [0.3, 0.4) is 0 Å². The molecule has 0 fully saturated rings. The van der Waals surface area contributed by atoms with Crippen molar-refractivity contribution < 1.29 is 4.39 Å². The molecule has 0 amide bonds. The first-order valence-electron chi connectivity index (χ1n) is 6.22. The van der Waals surface area contributed by atoms with Crippen molar-refractivity contribution in [1.29, 1.82) is 0 Å². The molecular weight excluding hydrogens is 279 g/mol. The van der Waals surface area contributed by atoms with Crippen LogP contribution in [0.15, 0.2) is 24.3 Å². The maximum Gasteiger partial charge on any atom is 0.142 e. The van der Waals surface area contributed by atoms with Crippen LogP contribution in [-0.4, -0.2) is 10.2 Å². The molecule has 4 nitrogen and oxygen atoms in total. The molecule has 106 valence electrons. The Bertz CT molecular complexity index is 618. The Hall–Kier alpha value is -1.56. The second kappa shape index (κ2) is 6.26. The van der Waals surface area contributed by atoms with Crippen LogP contribution in [-0.2, 0) is 6.42 Å². The number of hydrazine groups is 1. The monoisotopic (exact) mass is 294 g/mol. The van der Waals surface area contributed by atoms with Crippen molar-refractivity contribution in [3.63, 3.8) is 0 Å². The molecule has 0 radical (unpaired) electrons. The third-order valence-corrected chi connectivity index (χ3v) is 3.60. The Kier molecular flexibility index (Phi) is 4.65. The summed E-state index contributed by atoms with van der Waals surface area (Å²) in [6.07, 6.45) is 0.471. The highest BCUT2D eigenvalue weighted by atomic mass is 35.5. The highest BCUT2D eigenvalue weighted by molar-refractivity contribution is 6.31. The highest BCUT2D eigenvalue weighted by Crippen LogP contribution is 2.26. The summed E-state index contributed by atoms with van der Waals surface area (Å²) in [4.78, 5) is 0. The lowest BCUT2D eigenvalue weighted by Gasteiger charge is -2.19. The highest BCUT2D eigenvalue weighted by Gasteiger charge is 2.17. The third kappa shape index (κ3) is 3.12. The molecule has 0 saturated heterocycles. The zero-order valence-corrected chi connectivity index (χ0v) is 12.1. The van der Waals surface area contributed by atoms with Crippen LogP contribution >= 0.6 is 11.6 Å². The standard InChI is InChI=1S/C14H16ClFN4/c1-8-6-11(9(2)20-19-8)13(18-17)7-10-4-3-5-12(16)14(10)15/h3-6,13,18H,7,17H2,1-2H3. The van der Waals surface area contributed by atoms with Gasteiger partial charge in [0.2, 0.25) is 0 Å². The molecule has 0 aliphatic carbocycles. The van der Waals surface area contributed by atoms with Gasteiger partial charge in [0.25, 0.3) is 0 Å². The molecule has 1 aromatic heterocycles. The van der Waals surface area contributed by atoms with E-state index >= 15 is 0 Å². The minimum Gasteiger partial charge on any atom is -0.271 e. The predicted molar refractivity (Wildman–Crippen MR) is 76.7 cm³/mol. The molecule has 0 aliphatic heterocycles. The number of nitrogens with two attached hydrogens (primary N) is 1. The Morgan fingerprint density at radius 2 is 2.10 bits per heavy atom. The van der Waals surface area contributed by atoms with E-state index in [-0.39, 0.29) is 11.1 Å². The van der Waals surface area contributed by atoms with Crippen molar-refractivity contribution in [2.24, 2.45) is 5.84 Å². The maximum atomic E-state index is 13.5. The Labute approximate surface area is 122 Å². The van der Waals surface area contributed by atoms with Gasteiger partial charge in [-0.15, -0.1) is 0 Å². The lowest BCUT2D eigenvalue weighted by Crippen LogP contribution is -2.30. The minimum atomic E-state index is -0.430. The van der Waals surface area contributed by atoms with Gasteiger partial charge in [0.1, 0.15) is 5.82 Å². The first kappa shape index (κ1) is 14.8. The second-order valence-electron chi connectivity index (χ2n) is 4.66. The van der Waals surface area contributed by atoms with E-state index in [4.69, 9.17) is 17.4 Å². The van der Waals surface area contributed by atoms with Gasteiger partial charge in [0, 0.05) is 0 Å². The van der Waals surface area contributed by atoms with E-state index in [0.29, 0.717) is 12.0 Å². The Morgan fingerprint density at radius 3 is 2.80 bits per heavy atom. The number of hydrogen-bond donors (Lipinski definition) is 2. The van der Waals surface area contributed by atoms with E-state index < -0.39 is 5.82 Å². The summed E-state index contributed by atoms with van der Waals surface area (Å²) in [5.41, 5.74) is 5.95. The summed E-state index contributed by atoms with van der Waals surface area (Å²) in [6.45, 7) is 3.72. The maximum absolute atomic E-state index is 13.5. The summed E-state index contributed by atoms with van der Waals surface area (Å²) < 4.78 is 13.5. The molecule has 0 spiro atoms. The lowest BCUT2D eigenvalue weighted by molar-refractivity contribution is 0.541. The fraction of sp³-hybridized carbons (Fsp3) is 0.286. The number of aryl methyl sites for hydroxylation is 2. The van der Waals surface area contributed by atoms with Gasteiger partial charge in [0.05, 0.1) is 22.5 Å². The lowest BCUT2D eigenvalue weighted by atomic mass is 9.98. The van der Waals surface area contributed by atoms with E-state index in [1.54, 1.807) is 12.1 Å². The van der Waals surface area contributed by atoms with Gasteiger partial charge in [0.15, 0.2) is 0 Å². The van der Waals surface area contributed by atoms with Crippen molar-refractivity contribution in [2.75, 3.05) is 0 Å². The van der Waals surface area contributed by atoms with Crippen molar-refractivity contribution in [3.8, 4) is 0 Å². The van der Waals surface area contributed by atoms with E-state index in [0.717, 1.165) is 17.0 Å². The fourth-order valence-corrected chi connectivity index (χ4v) is 2.31. The minimum absolute atomic E-state index is 0.129. The Morgan fingerprint density at radius 1 is 1.35 bits per heavy atom. The number of hydrogen-bond acceptors (Lipinski definition) is 4. The van der Waals surface area contributed by atoms with Crippen LogP contribution in [0.5, 0.6) is 0 Å². The summed E-state index contributed by atoms with van der Waals surface area (Å²) in [5, 5.41) is 8.20. The van der Waals surface area contributed by atoms with Crippen molar-refractivity contribution in [2.45, 2.75) is 26.3 Å². The van der Waals surface area contributed by atoms with E-state index in [2.05, 4.69) is 15.6 Å². The summed E-state index contributed by atoms with van der Waals surface area (Å²) in [7, 11) is 0. The zero-order valence-electron chi connectivity index (χ0n) is 11.3. The number of nitrogens with one attached hydrogen (secondary N) is 1. The van der Waals surface area contributed by atoms with Gasteiger partial charge in [-0.25, -0.2) is 4.39 Å². The first-order valence-corrected chi connectivity index (χ1v) is 6.60. The smallest absolute Gasteiger partial charge is 0.142 e. The van der Waals surface area contributed by atoms with Crippen molar-refractivity contribution in [1.82, 2.24) is 15.6 Å². The van der Waals surface area contributed by atoms with Crippen LogP contribution in [0.1, 0.15) is 28.6 Å². The zero-order chi connectivity index (χ0) is 14.7. The molecule has 6 heteroatoms. The molecule has 2 aromatic rings. The van der Waals surface area contributed by atoms with Crippen LogP contribution in [0.4, 0.5) is 4.39 Å². The number of rotatable bonds is 4. The van der Waals surface area contributed by atoms with E-state index in [1.165, 1.54) is 6.07 Å². The average Bonchev–Trinajstić information content (AvgIpc) is 2.43. The van der Waals surface area contributed by atoms with Crippen LogP contribution in [0.25, 0.3) is 0 Å². The van der Waals surface area contributed by atoms with E-state index in [9.17, 15) is 4.39 Å². The topological polar surface area (TPSA) is 63.8 Å². The van der Waals surface area contributed by atoms with Crippen molar-refractivity contribution in [3.05, 3.63) is 57.6 Å². The third-order valence-electron chi connectivity index (χ3n) is 3.17. The normalized spacial score (nSPS) is 12.4. The van der Waals surface area contributed by atoms with Crippen LogP contribution in [0, 0.1) is 19.7 Å². The van der Waals surface area contributed by atoms with Crippen LogP contribution < -0.4 is 11.3 Å². The fourth-order valence-electron chi connectivity index (χ4n) is 2.11. The Balaban J connectivity index is 2.34. The molecule has 2 rings (SSSR count). The summed E-state index contributed by atoms with van der Waals surface area (Å²) in [5.74, 6) is 5.19. The summed E-state index contributed by atoms with van der Waals surface area (Å²) >= 11 is 5.98. The quantitative estimate of drug-likeness (QED) is 0.672. The molecule has 1 atom stereocenters.